The average Bonchev–Trinajstić information content (AvgIpc) is 2.56. The van der Waals surface area contributed by atoms with Crippen LogP contribution in [0.4, 0.5) is 5.69 Å². The van der Waals surface area contributed by atoms with E-state index in [1.165, 1.54) is 0 Å². The molecule has 1 aliphatic heterocycles. The maximum Gasteiger partial charge on any atom is 0.170 e. The Hall–Kier alpha value is -1.69. The van der Waals surface area contributed by atoms with E-state index in [1.807, 2.05) is 24.3 Å². The number of hydrogen-bond donors (Lipinski definition) is 2. The molecule has 0 aliphatic carbocycles. The summed E-state index contributed by atoms with van der Waals surface area (Å²) in [5.74, 6) is 1.51. The van der Waals surface area contributed by atoms with Crippen LogP contribution >= 0.6 is 35.4 Å². The van der Waals surface area contributed by atoms with Crippen LogP contribution in [0.1, 0.15) is 0 Å². The van der Waals surface area contributed by atoms with Gasteiger partial charge in [-0.15, -0.1) is 0 Å². The molecule has 1 atom stereocenters. The number of rotatable bonds is 3. The van der Waals surface area contributed by atoms with Crippen molar-refractivity contribution in [1.29, 1.82) is 0 Å². The molecule has 4 nitrogen and oxygen atoms in total. The standard InChI is InChI=1S/C16H14Cl2N2O2S/c17-12-6-5-10(7-13(12)18)20-16(23)19-8-11-9-21-14-3-1-2-4-15(14)22-11/h1-7,11H,8-9H2,(H2,19,20,23)/t11-/m1/s1. The Morgan fingerprint density at radius 1 is 1.13 bits per heavy atom. The molecule has 0 saturated carbocycles. The predicted octanol–water partition coefficient (Wildman–Crippen LogP) is 4.12. The van der Waals surface area contributed by atoms with Crippen LogP contribution in [-0.2, 0) is 0 Å². The normalized spacial score (nSPS) is 15.8. The first-order valence-corrected chi connectivity index (χ1v) is 8.16. The second-order valence-corrected chi connectivity index (χ2v) is 6.18. The summed E-state index contributed by atoms with van der Waals surface area (Å²) < 4.78 is 11.5. The van der Waals surface area contributed by atoms with Crippen LogP contribution in [0.2, 0.25) is 10.0 Å². The summed E-state index contributed by atoms with van der Waals surface area (Å²) in [7, 11) is 0. The average molecular weight is 369 g/mol. The number of thiocarbonyl (C=S) groups is 1. The van der Waals surface area contributed by atoms with Gasteiger partial charge >= 0.3 is 0 Å². The monoisotopic (exact) mass is 368 g/mol. The van der Waals surface area contributed by atoms with E-state index < -0.39 is 0 Å². The minimum atomic E-state index is -0.113. The molecule has 1 heterocycles. The number of hydrogen-bond acceptors (Lipinski definition) is 3. The van der Waals surface area contributed by atoms with Crippen LogP contribution in [-0.4, -0.2) is 24.4 Å². The topological polar surface area (TPSA) is 42.5 Å². The zero-order chi connectivity index (χ0) is 16.2. The SMILES string of the molecule is S=C(NC[C@@H]1COc2ccccc2O1)Nc1ccc(Cl)c(Cl)c1. The molecule has 0 saturated heterocycles. The number of fused-ring (bicyclic) bond motifs is 1. The summed E-state index contributed by atoms with van der Waals surface area (Å²) in [6, 6.07) is 12.8. The highest BCUT2D eigenvalue weighted by Crippen LogP contribution is 2.30. The minimum Gasteiger partial charge on any atom is -0.486 e. The van der Waals surface area contributed by atoms with Crippen molar-refractivity contribution in [2.75, 3.05) is 18.5 Å². The predicted molar refractivity (Wildman–Crippen MR) is 97.0 cm³/mol. The van der Waals surface area contributed by atoms with Crippen molar-refractivity contribution in [3.8, 4) is 11.5 Å². The molecule has 0 aromatic heterocycles. The van der Waals surface area contributed by atoms with Crippen molar-refractivity contribution in [1.82, 2.24) is 5.32 Å². The van der Waals surface area contributed by atoms with Gasteiger partial charge in [-0.3, -0.25) is 0 Å². The van der Waals surface area contributed by atoms with Gasteiger partial charge in [0.05, 0.1) is 16.6 Å². The van der Waals surface area contributed by atoms with Crippen LogP contribution in [0.15, 0.2) is 42.5 Å². The first-order valence-electron chi connectivity index (χ1n) is 7.00. The van der Waals surface area contributed by atoms with Crippen molar-refractivity contribution in [2.24, 2.45) is 0 Å². The molecule has 2 N–H and O–H groups in total. The molecule has 0 spiro atoms. The number of benzene rings is 2. The molecule has 3 rings (SSSR count). The van der Waals surface area contributed by atoms with Crippen LogP contribution in [0.5, 0.6) is 11.5 Å². The molecule has 1 aliphatic rings. The van der Waals surface area contributed by atoms with E-state index >= 15 is 0 Å². The third kappa shape index (κ3) is 4.19. The Bertz CT molecular complexity index is 727. The van der Waals surface area contributed by atoms with Gasteiger partial charge in [0.2, 0.25) is 0 Å². The molecule has 0 amide bonds. The van der Waals surface area contributed by atoms with Gasteiger partial charge in [0.1, 0.15) is 12.7 Å². The number of ether oxygens (including phenoxy) is 2. The molecule has 0 fully saturated rings. The van der Waals surface area contributed by atoms with Crippen molar-refractivity contribution < 1.29 is 9.47 Å². The quantitative estimate of drug-likeness (QED) is 0.797. The van der Waals surface area contributed by atoms with Gasteiger partial charge in [0.15, 0.2) is 16.6 Å². The van der Waals surface area contributed by atoms with Gasteiger partial charge in [-0.25, -0.2) is 0 Å². The third-order valence-electron chi connectivity index (χ3n) is 3.24. The number of nitrogens with one attached hydrogen (secondary N) is 2. The summed E-state index contributed by atoms with van der Waals surface area (Å²) in [5, 5.41) is 7.61. The van der Waals surface area contributed by atoms with E-state index in [9.17, 15) is 0 Å². The lowest BCUT2D eigenvalue weighted by Gasteiger charge is -2.27. The molecule has 0 unspecified atom stereocenters. The van der Waals surface area contributed by atoms with Crippen molar-refractivity contribution in [3.05, 3.63) is 52.5 Å². The largest absolute Gasteiger partial charge is 0.486 e. The maximum atomic E-state index is 5.97. The third-order valence-corrected chi connectivity index (χ3v) is 4.22. The molecule has 7 heteroatoms. The van der Waals surface area contributed by atoms with Crippen LogP contribution in [0.3, 0.4) is 0 Å². The van der Waals surface area contributed by atoms with Crippen molar-refractivity contribution in [2.45, 2.75) is 6.10 Å². The molecule has 23 heavy (non-hydrogen) atoms. The van der Waals surface area contributed by atoms with Crippen LogP contribution in [0, 0.1) is 0 Å². The fraction of sp³-hybridized carbons (Fsp3) is 0.188. The lowest BCUT2D eigenvalue weighted by Crippen LogP contribution is -2.42. The van der Waals surface area contributed by atoms with E-state index in [4.69, 9.17) is 44.9 Å². The number of para-hydroxylation sites is 2. The lowest BCUT2D eigenvalue weighted by molar-refractivity contribution is 0.0939. The molecular weight excluding hydrogens is 355 g/mol. The Morgan fingerprint density at radius 2 is 1.91 bits per heavy atom. The number of anilines is 1. The van der Waals surface area contributed by atoms with Gasteiger partial charge in [0, 0.05) is 5.69 Å². The summed E-state index contributed by atoms with van der Waals surface area (Å²) in [6.45, 7) is 1.00. The maximum absolute atomic E-state index is 5.97. The van der Waals surface area contributed by atoms with E-state index in [0.29, 0.717) is 28.3 Å². The van der Waals surface area contributed by atoms with Gasteiger partial charge < -0.3 is 20.1 Å². The van der Waals surface area contributed by atoms with E-state index in [0.717, 1.165) is 17.2 Å². The number of halogens is 2. The molecule has 2 aromatic rings. The molecular formula is C16H14Cl2N2O2S. The molecule has 2 aromatic carbocycles. The Kier molecular flexibility index (Phi) is 5.10. The smallest absolute Gasteiger partial charge is 0.170 e. The van der Waals surface area contributed by atoms with Crippen LogP contribution < -0.4 is 20.1 Å². The van der Waals surface area contributed by atoms with Crippen molar-refractivity contribution in [3.63, 3.8) is 0 Å². The first-order chi connectivity index (χ1) is 11.1. The second kappa shape index (κ2) is 7.25. The van der Waals surface area contributed by atoms with E-state index in [-0.39, 0.29) is 6.10 Å². The van der Waals surface area contributed by atoms with E-state index in [1.54, 1.807) is 18.2 Å². The van der Waals surface area contributed by atoms with Gasteiger partial charge in [-0.1, -0.05) is 35.3 Å². The van der Waals surface area contributed by atoms with Gasteiger partial charge in [-0.2, -0.15) is 0 Å². The van der Waals surface area contributed by atoms with Crippen LogP contribution in [0.25, 0.3) is 0 Å². The summed E-state index contributed by atoms with van der Waals surface area (Å²) in [6.07, 6.45) is -0.113. The fourth-order valence-electron chi connectivity index (χ4n) is 2.12. The Labute approximate surface area is 149 Å². The zero-order valence-corrected chi connectivity index (χ0v) is 14.3. The highest BCUT2D eigenvalue weighted by Gasteiger charge is 2.20. The summed E-state index contributed by atoms with van der Waals surface area (Å²) in [4.78, 5) is 0. The molecule has 0 radical (unpaired) electrons. The Morgan fingerprint density at radius 3 is 2.70 bits per heavy atom. The highest BCUT2D eigenvalue weighted by molar-refractivity contribution is 7.80. The molecule has 120 valence electrons. The van der Waals surface area contributed by atoms with Crippen molar-refractivity contribution >= 4 is 46.2 Å². The molecule has 0 bridgehead atoms. The highest BCUT2D eigenvalue weighted by atomic mass is 35.5. The first kappa shape index (κ1) is 16.2. The minimum absolute atomic E-state index is 0.113. The second-order valence-electron chi connectivity index (χ2n) is 4.96. The van der Waals surface area contributed by atoms with Gasteiger partial charge in [0.25, 0.3) is 0 Å². The Balaban J connectivity index is 1.51. The lowest BCUT2D eigenvalue weighted by atomic mass is 10.2. The zero-order valence-electron chi connectivity index (χ0n) is 12.0. The summed E-state index contributed by atoms with van der Waals surface area (Å²) >= 11 is 17.1. The van der Waals surface area contributed by atoms with Gasteiger partial charge in [-0.05, 0) is 42.5 Å². The van der Waals surface area contributed by atoms with E-state index in [2.05, 4.69) is 10.6 Å². The summed E-state index contributed by atoms with van der Waals surface area (Å²) in [5.41, 5.74) is 0.767. The fourth-order valence-corrected chi connectivity index (χ4v) is 2.62.